The van der Waals surface area contributed by atoms with Crippen LogP contribution in [-0.2, 0) is 17.7 Å². The Hall–Kier alpha value is -2.81. The number of rotatable bonds is 8. The third-order valence-corrected chi connectivity index (χ3v) is 5.06. The van der Waals surface area contributed by atoms with Crippen LogP contribution < -0.4 is 10.1 Å². The first-order valence-electron chi connectivity index (χ1n) is 10.4. The number of morpholine rings is 1. The number of amides is 1. The quantitative estimate of drug-likeness (QED) is 0.684. The van der Waals surface area contributed by atoms with E-state index < -0.39 is 0 Å². The SMILES string of the molecule is C#CCOc1ccc(CCNC(=O)c2ccc(CN3CC(C)OC(C)C3)cc2)cc1. The molecule has 2 aromatic rings. The summed E-state index contributed by atoms with van der Waals surface area (Å²) in [7, 11) is 0. The molecule has 1 N–H and O–H groups in total. The summed E-state index contributed by atoms with van der Waals surface area (Å²) in [6.07, 6.45) is 6.45. The monoisotopic (exact) mass is 406 g/mol. The number of hydrogen-bond donors (Lipinski definition) is 1. The standard InChI is InChI=1S/C25H30N2O3/c1-4-15-29-24-11-7-21(8-12-24)13-14-26-25(28)23-9-5-22(6-10-23)18-27-16-19(2)30-20(3)17-27/h1,5-12,19-20H,13-18H2,2-3H3,(H,26,28). The zero-order chi connectivity index (χ0) is 21.3. The molecule has 30 heavy (non-hydrogen) atoms. The van der Waals surface area contributed by atoms with Gasteiger partial charge in [-0.2, -0.15) is 0 Å². The van der Waals surface area contributed by atoms with Crippen molar-refractivity contribution >= 4 is 5.91 Å². The first kappa shape index (κ1) is 21.9. The molecule has 0 bridgehead atoms. The molecule has 1 heterocycles. The Morgan fingerprint density at radius 1 is 1.10 bits per heavy atom. The van der Waals surface area contributed by atoms with Gasteiger partial charge in [-0.1, -0.05) is 30.2 Å². The molecular weight excluding hydrogens is 376 g/mol. The lowest BCUT2D eigenvalue weighted by Crippen LogP contribution is -2.44. The number of nitrogens with one attached hydrogen (secondary N) is 1. The number of hydrogen-bond acceptors (Lipinski definition) is 4. The maximum absolute atomic E-state index is 12.4. The van der Waals surface area contributed by atoms with Crippen molar-refractivity contribution in [3.05, 3.63) is 65.2 Å². The Labute approximate surface area is 179 Å². The lowest BCUT2D eigenvalue weighted by atomic mass is 10.1. The molecule has 3 rings (SSSR count). The van der Waals surface area contributed by atoms with E-state index in [0.717, 1.165) is 37.4 Å². The van der Waals surface area contributed by atoms with E-state index in [4.69, 9.17) is 15.9 Å². The number of carbonyl (C=O) groups excluding carboxylic acids is 1. The fraction of sp³-hybridized carbons (Fsp3) is 0.400. The zero-order valence-corrected chi connectivity index (χ0v) is 17.8. The van der Waals surface area contributed by atoms with Crippen molar-refractivity contribution in [3.8, 4) is 18.1 Å². The van der Waals surface area contributed by atoms with Gasteiger partial charge in [0.2, 0.25) is 0 Å². The molecule has 0 radical (unpaired) electrons. The molecule has 2 unspecified atom stereocenters. The van der Waals surface area contributed by atoms with Gasteiger partial charge in [0.15, 0.2) is 0 Å². The molecule has 1 amide bonds. The van der Waals surface area contributed by atoms with Crippen LogP contribution >= 0.6 is 0 Å². The molecule has 158 valence electrons. The predicted molar refractivity (Wildman–Crippen MR) is 119 cm³/mol. The fourth-order valence-electron chi connectivity index (χ4n) is 3.73. The molecule has 5 heteroatoms. The van der Waals surface area contributed by atoms with E-state index in [1.165, 1.54) is 5.56 Å². The Morgan fingerprint density at radius 3 is 2.37 bits per heavy atom. The number of nitrogens with zero attached hydrogens (tertiary/aromatic N) is 1. The van der Waals surface area contributed by atoms with E-state index in [1.807, 2.05) is 48.5 Å². The maximum Gasteiger partial charge on any atom is 0.251 e. The molecule has 0 saturated carbocycles. The number of carbonyl (C=O) groups is 1. The Kier molecular flexibility index (Phi) is 7.89. The molecule has 1 saturated heterocycles. The van der Waals surface area contributed by atoms with Gasteiger partial charge < -0.3 is 14.8 Å². The summed E-state index contributed by atoms with van der Waals surface area (Å²) < 4.78 is 11.2. The molecule has 0 aromatic heterocycles. The van der Waals surface area contributed by atoms with Crippen LogP contribution in [0.3, 0.4) is 0 Å². The lowest BCUT2D eigenvalue weighted by molar-refractivity contribution is -0.0704. The second-order valence-electron chi connectivity index (χ2n) is 7.79. The number of ether oxygens (including phenoxy) is 2. The highest BCUT2D eigenvalue weighted by molar-refractivity contribution is 5.94. The molecular formula is C25H30N2O3. The molecule has 1 fully saturated rings. The van der Waals surface area contributed by atoms with E-state index in [-0.39, 0.29) is 24.7 Å². The molecule has 1 aliphatic rings. The van der Waals surface area contributed by atoms with Crippen molar-refractivity contribution in [3.63, 3.8) is 0 Å². The highest BCUT2D eigenvalue weighted by atomic mass is 16.5. The van der Waals surface area contributed by atoms with Gasteiger partial charge in [0.1, 0.15) is 12.4 Å². The summed E-state index contributed by atoms with van der Waals surface area (Å²) in [5.41, 5.74) is 3.02. The van der Waals surface area contributed by atoms with Gasteiger partial charge >= 0.3 is 0 Å². The van der Waals surface area contributed by atoms with E-state index >= 15 is 0 Å². The van der Waals surface area contributed by atoms with Gasteiger partial charge in [-0.15, -0.1) is 6.42 Å². The van der Waals surface area contributed by atoms with E-state index in [2.05, 4.69) is 30.0 Å². The Bertz CT molecular complexity index is 845. The van der Waals surface area contributed by atoms with Crippen molar-refractivity contribution in [2.24, 2.45) is 0 Å². The van der Waals surface area contributed by atoms with Crippen LogP contribution in [0.1, 0.15) is 35.3 Å². The van der Waals surface area contributed by atoms with Crippen molar-refractivity contribution in [2.75, 3.05) is 26.2 Å². The number of benzene rings is 2. The van der Waals surface area contributed by atoms with Gasteiger partial charge in [0.25, 0.3) is 5.91 Å². The highest BCUT2D eigenvalue weighted by Gasteiger charge is 2.22. The van der Waals surface area contributed by atoms with Crippen molar-refractivity contribution in [1.29, 1.82) is 0 Å². The molecule has 2 atom stereocenters. The van der Waals surface area contributed by atoms with Crippen LogP contribution in [0.25, 0.3) is 0 Å². The summed E-state index contributed by atoms with van der Waals surface area (Å²) in [4.78, 5) is 14.8. The third-order valence-electron chi connectivity index (χ3n) is 5.06. The topological polar surface area (TPSA) is 50.8 Å². The minimum atomic E-state index is -0.0517. The first-order valence-corrected chi connectivity index (χ1v) is 10.4. The molecule has 0 aliphatic carbocycles. The zero-order valence-electron chi connectivity index (χ0n) is 17.8. The smallest absolute Gasteiger partial charge is 0.251 e. The minimum absolute atomic E-state index is 0.0517. The average Bonchev–Trinajstić information content (AvgIpc) is 2.73. The second-order valence-corrected chi connectivity index (χ2v) is 7.79. The van der Waals surface area contributed by atoms with Crippen LogP contribution in [0, 0.1) is 12.3 Å². The van der Waals surface area contributed by atoms with Gasteiger partial charge in [0, 0.05) is 31.7 Å². The van der Waals surface area contributed by atoms with E-state index in [1.54, 1.807) is 0 Å². The van der Waals surface area contributed by atoms with Gasteiger partial charge in [-0.05, 0) is 55.7 Å². The Balaban J connectivity index is 1.44. The summed E-state index contributed by atoms with van der Waals surface area (Å²) in [6.45, 7) is 7.80. The van der Waals surface area contributed by atoms with Crippen LogP contribution in [-0.4, -0.2) is 49.3 Å². The highest BCUT2D eigenvalue weighted by Crippen LogP contribution is 2.15. The van der Waals surface area contributed by atoms with Gasteiger partial charge in [0.05, 0.1) is 12.2 Å². The average molecular weight is 407 g/mol. The molecule has 1 aliphatic heterocycles. The van der Waals surface area contributed by atoms with Crippen LogP contribution in [0.15, 0.2) is 48.5 Å². The predicted octanol–water partition coefficient (Wildman–Crippen LogP) is 3.28. The normalized spacial score (nSPS) is 19.1. The maximum atomic E-state index is 12.4. The summed E-state index contributed by atoms with van der Waals surface area (Å²) in [5.74, 6) is 3.14. The fourth-order valence-corrected chi connectivity index (χ4v) is 3.73. The molecule has 0 spiro atoms. The van der Waals surface area contributed by atoms with Gasteiger partial charge in [-0.25, -0.2) is 0 Å². The van der Waals surface area contributed by atoms with E-state index in [0.29, 0.717) is 12.1 Å². The van der Waals surface area contributed by atoms with Crippen LogP contribution in [0.2, 0.25) is 0 Å². The van der Waals surface area contributed by atoms with Crippen LogP contribution in [0.5, 0.6) is 5.75 Å². The van der Waals surface area contributed by atoms with Crippen molar-refractivity contribution in [2.45, 2.75) is 39.0 Å². The number of terminal acetylenes is 1. The van der Waals surface area contributed by atoms with E-state index in [9.17, 15) is 4.79 Å². The Morgan fingerprint density at radius 2 is 1.73 bits per heavy atom. The summed E-state index contributed by atoms with van der Waals surface area (Å²) in [6, 6.07) is 15.6. The van der Waals surface area contributed by atoms with Crippen molar-refractivity contribution in [1.82, 2.24) is 10.2 Å². The summed E-state index contributed by atoms with van der Waals surface area (Å²) in [5, 5.41) is 2.99. The first-order chi connectivity index (χ1) is 14.5. The largest absolute Gasteiger partial charge is 0.481 e. The minimum Gasteiger partial charge on any atom is -0.481 e. The lowest BCUT2D eigenvalue weighted by Gasteiger charge is -2.35. The summed E-state index contributed by atoms with van der Waals surface area (Å²) >= 11 is 0. The van der Waals surface area contributed by atoms with Crippen molar-refractivity contribution < 1.29 is 14.3 Å². The molecule has 2 aromatic carbocycles. The van der Waals surface area contributed by atoms with Crippen LogP contribution in [0.4, 0.5) is 0 Å². The second kappa shape index (κ2) is 10.8. The third kappa shape index (κ3) is 6.62. The molecule has 5 nitrogen and oxygen atoms in total. The van der Waals surface area contributed by atoms with Gasteiger partial charge in [-0.3, -0.25) is 9.69 Å².